The van der Waals surface area contributed by atoms with Crippen LogP contribution in [0.15, 0.2) is 22.1 Å². The molecule has 0 amide bonds. The van der Waals surface area contributed by atoms with Gasteiger partial charge in [0.2, 0.25) is 0 Å². The highest BCUT2D eigenvalue weighted by molar-refractivity contribution is 5.65. The highest BCUT2D eigenvalue weighted by Crippen LogP contribution is 2.11. The fraction of sp³-hybridized carbons (Fsp3) is 0.375. The quantitative estimate of drug-likeness (QED) is 0.677. The number of aromatic amines is 1. The Labute approximate surface area is 74.8 Å². The molecule has 0 saturated heterocycles. The summed E-state index contributed by atoms with van der Waals surface area (Å²) in [5.74, 6) is 0.691. The summed E-state index contributed by atoms with van der Waals surface area (Å²) in [6.45, 7) is 1.80. The third-order valence-electron chi connectivity index (χ3n) is 2.04. The van der Waals surface area contributed by atoms with E-state index in [1.165, 1.54) is 0 Å². The number of nitrogens with zero attached hydrogens (tertiary/aromatic N) is 3. The lowest BCUT2D eigenvalue weighted by molar-refractivity contribution is 0.610. The lowest BCUT2D eigenvalue weighted by Crippen LogP contribution is -2.24. The molecule has 0 fully saturated rings. The fourth-order valence-corrected chi connectivity index (χ4v) is 1.42. The van der Waals surface area contributed by atoms with Gasteiger partial charge in [-0.3, -0.25) is 9.56 Å². The second kappa shape index (κ2) is 3.01. The van der Waals surface area contributed by atoms with Crippen molar-refractivity contribution in [2.75, 3.05) is 0 Å². The first kappa shape index (κ1) is 7.97. The molecular weight excluding hydrogens is 168 g/mol. The van der Waals surface area contributed by atoms with Crippen LogP contribution in [0.5, 0.6) is 0 Å². The lowest BCUT2D eigenvalue weighted by Gasteiger charge is -2.13. The summed E-state index contributed by atoms with van der Waals surface area (Å²) in [5, 5.41) is 6.24. The van der Waals surface area contributed by atoms with Crippen LogP contribution >= 0.6 is 0 Å². The standard InChI is InChI=1S/C8H10N4O/c1-6-10-11-8(13)12(6)7-3-2-4-9-5-7/h2,4-5,7H,3H2,1H3,(H,11,13). The summed E-state index contributed by atoms with van der Waals surface area (Å²) in [6, 6.07) is 0.0104. The fourth-order valence-electron chi connectivity index (χ4n) is 1.42. The first-order valence-electron chi connectivity index (χ1n) is 4.11. The highest BCUT2D eigenvalue weighted by atomic mass is 16.1. The first-order valence-corrected chi connectivity index (χ1v) is 4.11. The average Bonchev–Trinajstić information content (AvgIpc) is 2.48. The van der Waals surface area contributed by atoms with Gasteiger partial charge in [-0.1, -0.05) is 6.08 Å². The molecule has 5 nitrogen and oxygen atoms in total. The summed E-state index contributed by atoms with van der Waals surface area (Å²) in [6.07, 6.45) is 6.22. The van der Waals surface area contributed by atoms with Gasteiger partial charge >= 0.3 is 5.69 Å². The van der Waals surface area contributed by atoms with E-state index in [9.17, 15) is 4.79 Å². The van der Waals surface area contributed by atoms with E-state index in [1.54, 1.807) is 23.9 Å². The molecule has 0 saturated carbocycles. The number of hydrogen-bond donors (Lipinski definition) is 1. The van der Waals surface area contributed by atoms with Crippen molar-refractivity contribution >= 4 is 6.21 Å². The minimum absolute atomic E-state index is 0.0104. The van der Waals surface area contributed by atoms with Crippen LogP contribution < -0.4 is 5.69 Å². The van der Waals surface area contributed by atoms with Gasteiger partial charge in [0.05, 0.1) is 6.04 Å². The zero-order valence-electron chi connectivity index (χ0n) is 7.27. The molecule has 68 valence electrons. The molecule has 1 aromatic heterocycles. The maximum absolute atomic E-state index is 11.3. The van der Waals surface area contributed by atoms with Crippen LogP contribution in [0.2, 0.25) is 0 Å². The SMILES string of the molecule is Cc1n[nH]c(=O)n1C1C=NC=CC1. The Hall–Kier alpha value is -1.65. The van der Waals surface area contributed by atoms with Gasteiger partial charge in [0.1, 0.15) is 5.82 Å². The zero-order chi connectivity index (χ0) is 9.26. The number of H-pyrrole nitrogens is 1. The Morgan fingerprint density at radius 2 is 2.54 bits per heavy atom. The van der Waals surface area contributed by atoms with Gasteiger partial charge in [0.15, 0.2) is 0 Å². The second-order valence-corrected chi connectivity index (χ2v) is 2.93. The molecular formula is C8H10N4O. The molecule has 13 heavy (non-hydrogen) atoms. The number of hydrogen-bond acceptors (Lipinski definition) is 3. The van der Waals surface area contributed by atoms with E-state index in [4.69, 9.17) is 0 Å². The Bertz CT molecular complexity index is 412. The van der Waals surface area contributed by atoms with E-state index in [0.29, 0.717) is 5.82 Å². The summed E-state index contributed by atoms with van der Waals surface area (Å²) in [5.41, 5.74) is -0.177. The predicted octanol–water partition coefficient (Wildman–Crippen LogP) is 0.409. The first-order chi connectivity index (χ1) is 6.29. The Morgan fingerprint density at radius 1 is 1.69 bits per heavy atom. The van der Waals surface area contributed by atoms with Crippen LogP contribution in [0.1, 0.15) is 18.3 Å². The van der Waals surface area contributed by atoms with Gasteiger partial charge in [-0.25, -0.2) is 9.89 Å². The van der Waals surface area contributed by atoms with Crippen LogP contribution in [0.4, 0.5) is 0 Å². The summed E-state index contributed by atoms with van der Waals surface area (Å²) >= 11 is 0. The highest BCUT2D eigenvalue weighted by Gasteiger charge is 2.14. The van der Waals surface area contributed by atoms with Crippen molar-refractivity contribution in [3.63, 3.8) is 0 Å². The van der Waals surface area contributed by atoms with Crippen molar-refractivity contribution in [2.45, 2.75) is 19.4 Å². The number of aromatic nitrogens is 3. The number of aliphatic imine (C=N–C) groups is 1. The van der Waals surface area contributed by atoms with Crippen molar-refractivity contribution < 1.29 is 0 Å². The molecule has 1 aromatic rings. The van der Waals surface area contributed by atoms with E-state index >= 15 is 0 Å². The van der Waals surface area contributed by atoms with E-state index in [-0.39, 0.29) is 11.7 Å². The monoisotopic (exact) mass is 178 g/mol. The molecule has 2 rings (SSSR count). The van der Waals surface area contributed by atoms with Crippen LogP contribution in [0.25, 0.3) is 0 Å². The molecule has 0 spiro atoms. The van der Waals surface area contributed by atoms with Crippen LogP contribution in [0.3, 0.4) is 0 Å². The minimum Gasteiger partial charge on any atom is -0.270 e. The van der Waals surface area contributed by atoms with Gasteiger partial charge in [-0.2, -0.15) is 5.10 Å². The molecule has 2 heterocycles. The third kappa shape index (κ3) is 1.32. The van der Waals surface area contributed by atoms with Gasteiger partial charge in [-0.05, 0) is 13.3 Å². The molecule has 1 aliphatic rings. The largest absolute Gasteiger partial charge is 0.343 e. The Morgan fingerprint density at radius 3 is 3.08 bits per heavy atom. The van der Waals surface area contributed by atoms with Gasteiger partial charge < -0.3 is 0 Å². The molecule has 1 atom stereocenters. The van der Waals surface area contributed by atoms with Crippen LogP contribution in [-0.4, -0.2) is 21.0 Å². The molecule has 1 aliphatic heterocycles. The Kier molecular flexibility index (Phi) is 1.84. The van der Waals surface area contributed by atoms with Crippen LogP contribution in [-0.2, 0) is 0 Å². The predicted molar refractivity (Wildman–Crippen MR) is 48.9 cm³/mol. The molecule has 0 radical (unpaired) electrons. The summed E-state index contributed by atoms with van der Waals surface area (Å²) in [7, 11) is 0. The smallest absolute Gasteiger partial charge is 0.270 e. The molecule has 5 heteroatoms. The molecule has 0 aromatic carbocycles. The topological polar surface area (TPSA) is 63.0 Å². The number of nitrogens with one attached hydrogen (secondary N) is 1. The van der Waals surface area contributed by atoms with E-state index < -0.39 is 0 Å². The molecule has 0 aliphatic carbocycles. The van der Waals surface area contributed by atoms with Gasteiger partial charge in [0.25, 0.3) is 0 Å². The van der Waals surface area contributed by atoms with E-state index in [0.717, 1.165) is 6.42 Å². The van der Waals surface area contributed by atoms with Crippen molar-refractivity contribution in [1.82, 2.24) is 14.8 Å². The molecule has 0 bridgehead atoms. The zero-order valence-corrected chi connectivity index (χ0v) is 7.27. The number of rotatable bonds is 1. The number of aryl methyl sites for hydroxylation is 1. The van der Waals surface area contributed by atoms with E-state index in [2.05, 4.69) is 15.2 Å². The summed E-state index contributed by atoms with van der Waals surface area (Å²) < 4.78 is 1.60. The third-order valence-corrected chi connectivity index (χ3v) is 2.04. The van der Waals surface area contributed by atoms with Gasteiger partial charge in [-0.15, -0.1) is 0 Å². The molecule has 1 unspecified atom stereocenters. The lowest BCUT2D eigenvalue weighted by atomic mass is 10.2. The van der Waals surface area contributed by atoms with Crippen LogP contribution in [0, 0.1) is 6.92 Å². The average molecular weight is 178 g/mol. The normalized spacial score (nSPS) is 20.8. The summed E-state index contributed by atoms with van der Waals surface area (Å²) in [4.78, 5) is 15.3. The number of allylic oxidation sites excluding steroid dienone is 1. The van der Waals surface area contributed by atoms with E-state index in [1.807, 2.05) is 6.08 Å². The van der Waals surface area contributed by atoms with Gasteiger partial charge in [0, 0.05) is 12.4 Å². The Balaban J connectivity index is 2.40. The maximum atomic E-state index is 11.3. The van der Waals surface area contributed by atoms with Crippen molar-refractivity contribution in [3.8, 4) is 0 Å². The maximum Gasteiger partial charge on any atom is 0.343 e. The van der Waals surface area contributed by atoms with Crippen molar-refractivity contribution in [2.24, 2.45) is 4.99 Å². The molecule has 1 N–H and O–H groups in total. The minimum atomic E-state index is -0.177. The van der Waals surface area contributed by atoms with Crippen molar-refractivity contribution in [1.29, 1.82) is 0 Å². The van der Waals surface area contributed by atoms with Crippen molar-refractivity contribution in [3.05, 3.63) is 28.6 Å². The second-order valence-electron chi connectivity index (χ2n) is 2.93.